The van der Waals surface area contributed by atoms with Crippen molar-refractivity contribution in [3.63, 3.8) is 0 Å². The van der Waals surface area contributed by atoms with Gasteiger partial charge in [0.1, 0.15) is 12.4 Å². The molecule has 1 aliphatic heterocycles. The summed E-state index contributed by atoms with van der Waals surface area (Å²) < 4.78 is 11.2. The topological polar surface area (TPSA) is 58.1 Å². The van der Waals surface area contributed by atoms with Crippen molar-refractivity contribution in [2.24, 2.45) is 4.99 Å². The highest BCUT2D eigenvalue weighted by Crippen LogP contribution is 2.24. The maximum absolute atomic E-state index is 5.80. The lowest BCUT2D eigenvalue weighted by atomic mass is 9.87. The highest BCUT2D eigenvalue weighted by Gasteiger charge is 2.13. The number of ether oxygens (including phenoxy) is 2. The van der Waals surface area contributed by atoms with Crippen LogP contribution in [0.2, 0.25) is 0 Å². The molecule has 2 rings (SSSR count). The number of rotatable bonds is 7. The minimum atomic E-state index is 0.166. The Kier molecular flexibility index (Phi) is 8.19. The number of benzene rings is 1. The summed E-state index contributed by atoms with van der Waals surface area (Å²) in [5, 5.41) is 6.62. The van der Waals surface area contributed by atoms with Crippen LogP contribution in [0, 0.1) is 0 Å². The van der Waals surface area contributed by atoms with Crippen LogP contribution in [0.3, 0.4) is 0 Å². The van der Waals surface area contributed by atoms with Crippen LogP contribution in [0.25, 0.3) is 0 Å². The Morgan fingerprint density at radius 2 is 1.77 bits per heavy atom. The minimum absolute atomic E-state index is 0.166. The first-order valence-corrected chi connectivity index (χ1v) is 9.47. The molecule has 0 saturated carbocycles. The molecule has 146 valence electrons. The zero-order valence-corrected chi connectivity index (χ0v) is 16.7. The molecule has 2 N–H and O–H groups in total. The van der Waals surface area contributed by atoms with Gasteiger partial charge in [-0.15, -0.1) is 0 Å². The molecular formula is C20H34N4O2. The molecule has 1 heterocycles. The van der Waals surface area contributed by atoms with Gasteiger partial charge in [-0.25, -0.2) is 0 Å². The van der Waals surface area contributed by atoms with E-state index in [1.165, 1.54) is 5.56 Å². The third-order valence-corrected chi connectivity index (χ3v) is 4.43. The van der Waals surface area contributed by atoms with Crippen LogP contribution in [0.4, 0.5) is 0 Å². The zero-order chi connectivity index (χ0) is 18.8. The maximum atomic E-state index is 5.80. The molecule has 0 atom stereocenters. The van der Waals surface area contributed by atoms with Gasteiger partial charge in [0.25, 0.3) is 0 Å². The second kappa shape index (κ2) is 10.4. The van der Waals surface area contributed by atoms with Gasteiger partial charge in [-0.3, -0.25) is 9.89 Å². The highest BCUT2D eigenvalue weighted by atomic mass is 16.5. The zero-order valence-electron chi connectivity index (χ0n) is 16.7. The standard InChI is InChI=1S/C20H34N4O2/c1-20(2,3)17-5-7-18(8-6-17)26-14-10-23-19(21-4)22-9-11-24-12-15-25-16-13-24/h5-8H,9-16H2,1-4H3,(H2,21,22,23). The number of aliphatic imine (C=N–C) groups is 1. The summed E-state index contributed by atoms with van der Waals surface area (Å²) in [6, 6.07) is 8.34. The molecule has 0 bridgehead atoms. The lowest BCUT2D eigenvalue weighted by Gasteiger charge is -2.26. The van der Waals surface area contributed by atoms with Crippen molar-refractivity contribution < 1.29 is 9.47 Å². The lowest BCUT2D eigenvalue weighted by Crippen LogP contribution is -2.45. The average molecular weight is 363 g/mol. The van der Waals surface area contributed by atoms with Crippen LogP contribution in [-0.4, -0.2) is 70.5 Å². The molecule has 1 saturated heterocycles. The van der Waals surface area contributed by atoms with E-state index in [1.807, 2.05) is 12.1 Å². The van der Waals surface area contributed by atoms with Crippen molar-refractivity contribution in [3.8, 4) is 5.75 Å². The molecule has 0 unspecified atom stereocenters. The second-order valence-corrected chi connectivity index (χ2v) is 7.50. The molecule has 1 aliphatic rings. The average Bonchev–Trinajstić information content (AvgIpc) is 2.64. The van der Waals surface area contributed by atoms with Crippen LogP contribution >= 0.6 is 0 Å². The van der Waals surface area contributed by atoms with E-state index in [0.717, 1.165) is 51.1 Å². The summed E-state index contributed by atoms with van der Waals surface area (Å²) in [6.07, 6.45) is 0. The first kappa shape index (κ1) is 20.5. The van der Waals surface area contributed by atoms with Gasteiger partial charge in [0, 0.05) is 33.2 Å². The number of morpholine rings is 1. The van der Waals surface area contributed by atoms with Crippen LogP contribution < -0.4 is 15.4 Å². The van der Waals surface area contributed by atoms with E-state index in [0.29, 0.717) is 13.2 Å². The summed E-state index contributed by atoms with van der Waals surface area (Å²) in [6.45, 7) is 13.5. The number of nitrogens with zero attached hydrogens (tertiary/aromatic N) is 2. The fraction of sp³-hybridized carbons (Fsp3) is 0.650. The Labute approximate surface area is 158 Å². The number of hydrogen-bond acceptors (Lipinski definition) is 4. The fourth-order valence-corrected chi connectivity index (χ4v) is 2.77. The van der Waals surface area contributed by atoms with E-state index >= 15 is 0 Å². The Morgan fingerprint density at radius 3 is 2.38 bits per heavy atom. The van der Waals surface area contributed by atoms with Crippen molar-refractivity contribution in [2.75, 3.05) is 59.6 Å². The van der Waals surface area contributed by atoms with Gasteiger partial charge in [0.05, 0.1) is 19.8 Å². The van der Waals surface area contributed by atoms with Crippen LogP contribution in [0.15, 0.2) is 29.3 Å². The van der Waals surface area contributed by atoms with E-state index < -0.39 is 0 Å². The predicted molar refractivity (Wildman–Crippen MR) is 107 cm³/mol. The second-order valence-electron chi connectivity index (χ2n) is 7.50. The van der Waals surface area contributed by atoms with Gasteiger partial charge in [0.15, 0.2) is 5.96 Å². The molecule has 0 spiro atoms. The van der Waals surface area contributed by atoms with Crippen molar-refractivity contribution >= 4 is 5.96 Å². The van der Waals surface area contributed by atoms with Crippen LogP contribution in [0.5, 0.6) is 5.75 Å². The van der Waals surface area contributed by atoms with E-state index in [4.69, 9.17) is 9.47 Å². The molecule has 1 aromatic rings. The third-order valence-electron chi connectivity index (χ3n) is 4.43. The van der Waals surface area contributed by atoms with Gasteiger partial charge in [-0.05, 0) is 23.1 Å². The molecule has 0 aliphatic carbocycles. The summed E-state index contributed by atoms with van der Waals surface area (Å²) in [7, 11) is 1.79. The van der Waals surface area contributed by atoms with Gasteiger partial charge in [-0.1, -0.05) is 32.9 Å². The Balaban J connectivity index is 1.61. The van der Waals surface area contributed by atoms with Crippen molar-refractivity contribution in [2.45, 2.75) is 26.2 Å². The third kappa shape index (κ3) is 7.22. The Hall–Kier alpha value is -1.79. The number of guanidine groups is 1. The lowest BCUT2D eigenvalue weighted by molar-refractivity contribution is 0.0389. The van der Waals surface area contributed by atoms with E-state index in [1.54, 1.807) is 7.05 Å². The summed E-state index contributed by atoms with van der Waals surface area (Å²) in [5.74, 6) is 1.71. The molecule has 0 radical (unpaired) electrons. The van der Waals surface area contributed by atoms with E-state index in [9.17, 15) is 0 Å². The van der Waals surface area contributed by atoms with Crippen molar-refractivity contribution in [1.82, 2.24) is 15.5 Å². The van der Waals surface area contributed by atoms with Crippen LogP contribution in [0.1, 0.15) is 26.3 Å². The smallest absolute Gasteiger partial charge is 0.191 e. The highest BCUT2D eigenvalue weighted by molar-refractivity contribution is 5.79. The normalized spacial score (nSPS) is 16.4. The largest absolute Gasteiger partial charge is 0.492 e. The molecule has 26 heavy (non-hydrogen) atoms. The molecule has 6 heteroatoms. The molecule has 0 amide bonds. The predicted octanol–water partition coefficient (Wildman–Crippen LogP) is 1.86. The van der Waals surface area contributed by atoms with Crippen molar-refractivity contribution in [1.29, 1.82) is 0 Å². The first-order chi connectivity index (χ1) is 12.5. The molecule has 1 aromatic carbocycles. The van der Waals surface area contributed by atoms with Crippen LogP contribution in [-0.2, 0) is 10.2 Å². The molecule has 6 nitrogen and oxygen atoms in total. The first-order valence-electron chi connectivity index (χ1n) is 9.47. The summed E-state index contributed by atoms with van der Waals surface area (Å²) in [4.78, 5) is 6.65. The Bertz CT molecular complexity index is 546. The Morgan fingerprint density at radius 1 is 1.12 bits per heavy atom. The maximum Gasteiger partial charge on any atom is 0.191 e. The quantitative estimate of drug-likeness (QED) is 0.440. The fourth-order valence-electron chi connectivity index (χ4n) is 2.77. The number of hydrogen-bond donors (Lipinski definition) is 2. The summed E-state index contributed by atoms with van der Waals surface area (Å²) >= 11 is 0. The van der Waals surface area contributed by atoms with E-state index in [2.05, 4.69) is 53.4 Å². The SMILES string of the molecule is CN=C(NCCOc1ccc(C(C)(C)C)cc1)NCCN1CCOCC1. The molecule has 0 aromatic heterocycles. The number of nitrogens with one attached hydrogen (secondary N) is 2. The van der Waals surface area contributed by atoms with Gasteiger partial charge < -0.3 is 20.1 Å². The summed E-state index contributed by atoms with van der Waals surface area (Å²) in [5.41, 5.74) is 1.48. The molecule has 1 fully saturated rings. The monoisotopic (exact) mass is 362 g/mol. The van der Waals surface area contributed by atoms with Gasteiger partial charge in [0.2, 0.25) is 0 Å². The van der Waals surface area contributed by atoms with E-state index in [-0.39, 0.29) is 5.41 Å². The molecular weight excluding hydrogens is 328 g/mol. The van der Waals surface area contributed by atoms with Crippen molar-refractivity contribution in [3.05, 3.63) is 29.8 Å². The van der Waals surface area contributed by atoms with Gasteiger partial charge >= 0.3 is 0 Å². The van der Waals surface area contributed by atoms with Gasteiger partial charge in [-0.2, -0.15) is 0 Å². The minimum Gasteiger partial charge on any atom is -0.492 e.